The maximum Gasteiger partial charge on any atom is 0.453 e. The Kier molecular flexibility index (Phi) is 5.12. The van der Waals surface area contributed by atoms with Gasteiger partial charge in [0.2, 0.25) is 11.1 Å². The van der Waals surface area contributed by atoms with Crippen LogP contribution in [-0.2, 0) is 11.0 Å². The first-order valence-electron chi connectivity index (χ1n) is 6.50. The SMILES string of the molecule is CC(=O)c1ccccc1NC(=O)CSc1nnc(C(F)(F)F)n1N. The van der Waals surface area contributed by atoms with Gasteiger partial charge in [0, 0.05) is 5.56 Å². The number of aromatic nitrogens is 3. The Morgan fingerprint density at radius 2 is 1.96 bits per heavy atom. The predicted octanol–water partition coefficient (Wildman–Crippen LogP) is 1.94. The Balaban J connectivity index is 2.02. The van der Waals surface area contributed by atoms with E-state index in [0.717, 1.165) is 0 Å². The van der Waals surface area contributed by atoms with Crippen LogP contribution < -0.4 is 11.2 Å². The highest BCUT2D eigenvalue weighted by atomic mass is 32.2. The number of thioether (sulfide) groups is 1. The largest absolute Gasteiger partial charge is 0.453 e. The van der Waals surface area contributed by atoms with Crippen LogP contribution in [-0.4, -0.2) is 32.3 Å². The molecule has 24 heavy (non-hydrogen) atoms. The number of rotatable bonds is 5. The summed E-state index contributed by atoms with van der Waals surface area (Å²) in [4.78, 5) is 23.4. The molecule has 7 nitrogen and oxygen atoms in total. The molecule has 1 heterocycles. The highest BCUT2D eigenvalue weighted by molar-refractivity contribution is 7.99. The normalized spacial score (nSPS) is 11.3. The van der Waals surface area contributed by atoms with Gasteiger partial charge in [-0.25, -0.2) is 4.68 Å². The van der Waals surface area contributed by atoms with E-state index < -0.39 is 17.9 Å². The molecule has 11 heteroatoms. The van der Waals surface area contributed by atoms with Gasteiger partial charge in [0.25, 0.3) is 5.82 Å². The van der Waals surface area contributed by atoms with Crippen molar-refractivity contribution in [2.45, 2.75) is 18.3 Å². The Morgan fingerprint density at radius 1 is 1.29 bits per heavy atom. The maximum atomic E-state index is 12.5. The Morgan fingerprint density at radius 3 is 2.54 bits per heavy atom. The van der Waals surface area contributed by atoms with E-state index in [0.29, 0.717) is 23.0 Å². The van der Waals surface area contributed by atoms with E-state index in [9.17, 15) is 22.8 Å². The first-order valence-corrected chi connectivity index (χ1v) is 7.49. The number of anilines is 1. The number of Topliss-reactive ketones (excluding diaryl/α,β-unsaturated/α-hetero) is 1. The van der Waals surface area contributed by atoms with E-state index >= 15 is 0 Å². The lowest BCUT2D eigenvalue weighted by atomic mass is 10.1. The van der Waals surface area contributed by atoms with Crippen LogP contribution >= 0.6 is 11.8 Å². The van der Waals surface area contributed by atoms with Crippen molar-refractivity contribution in [2.75, 3.05) is 16.9 Å². The summed E-state index contributed by atoms with van der Waals surface area (Å²) >= 11 is 0.693. The van der Waals surface area contributed by atoms with E-state index in [1.165, 1.54) is 6.92 Å². The van der Waals surface area contributed by atoms with Crippen molar-refractivity contribution < 1.29 is 22.8 Å². The zero-order valence-electron chi connectivity index (χ0n) is 12.3. The van der Waals surface area contributed by atoms with Crippen molar-refractivity contribution in [1.82, 2.24) is 14.9 Å². The number of nitrogens with zero attached hydrogens (tertiary/aromatic N) is 3. The lowest BCUT2D eigenvalue weighted by Gasteiger charge is -2.09. The van der Waals surface area contributed by atoms with Crippen molar-refractivity contribution in [3.63, 3.8) is 0 Å². The van der Waals surface area contributed by atoms with Crippen LogP contribution in [0.4, 0.5) is 18.9 Å². The molecule has 1 amide bonds. The van der Waals surface area contributed by atoms with Crippen LogP contribution in [0.5, 0.6) is 0 Å². The van der Waals surface area contributed by atoms with Crippen LogP contribution in [0.15, 0.2) is 29.4 Å². The monoisotopic (exact) mass is 359 g/mol. The molecule has 128 valence electrons. The minimum Gasteiger partial charge on any atom is -0.335 e. The molecule has 2 aromatic rings. The van der Waals surface area contributed by atoms with Gasteiger partial charge in [-0.15, -0.1) is 10.2 Å². The summed E-state index contributed by atoms with van der Waals surface area (Å²) in [7, 11) is 0. The summed E-state index contributed by atoms with van der Waals surface area (Å²) in [5, 5.41) is 8.52. The fraction of sp³-hybridized carbons (Fsp3) is 0.231. The molecule has 0 bridgehead atoms. The number of carbonyl (C=O) groups excluding carboxylic acids is 2. The van der Waals surface area contributed by atoms with E-state index in [1.807, 2.05) is 0 Å². The Labute approximate surface area is 138 Å². The average Bonchev–Trinajstić information content (AvgIpc) is 2.86. The predicted molar refractivity (Wildman–Crippen MR) is 81.0 cm³/mol. The molecule has 1 aromatic heterocycles. The highest BCUT2D eigenvalue weighted by Gasteiger charge is 2.38. The molecule has 0 aliphatic heterocycles. The molecular formula is C13H12F3N5O2S. The highest BCUT2D eigenvalue weighted by Crippen LogP contribution is 2.28. The second-order valence-corrected chi connectivity index (χ2v) is 5.56. The molecule has 0 atom stereocenters. The first kappa shape index (κ1) is 17.8. The molecule has 2 rings (SSSR count). The molecule has 1 aromatic carbocycles. The van der Waals surface area contributed by atoms with Gasteiger partial charge in [0.1, 0.15) is 0 Å². The second kappa shape index (κ2) is 6.91. The molecular weight excluding hydrogens is 347 g/mol. The lowest BCUT2D eigenvalue weighted by Crippen LogP contribution is -2.22. The van der Waals surface area contributed by atoms with E-state index in [2.05, 4.69) is 15.5 Å². The number of hydrogen-bond donors (Lipinski definition) is 2. The summed E-state index contributed by atoms with van der Waals surface area (Å²) in [6, 6.07) is 6.39. The smallest absolute Gasteiger partial charge is 0.335 e. The van der Waals surface area contributed by atoms with Crippen LogP contribution in [0, 0.1) is 0 Å². The van der Waals surface area contributed by atoms with Crippen LogP contribution in [0.25, 0.3) is 0 Å². The van der Waals surface area contributed by atoms with Gasteiger partial charge in [0.15, 0.2) is 5.78 Å². The number of nitrogen functional groups attached to an aromatic ring is 1. The van der Waals surface area contributed by atoms with Gasteiger partial charge in [-0.05, 0) is 19.1 Å². The summed E-state index contributed by atoms with van der Waals surface area (Å²) in [6.45, 7) is 1.36. The summed E-state index contributed by atoms with van der Waals surface area (Å²) in [5.41, 5.74) is 0.651. The van der Waals surface area contributed by atoms with Gasteiger partial charge >= 0.3 is 6.18 Å². The molecule has 0 aliphatic rings. The van der Waals surface area contributed by atoms with Crippen LogP contribution in [0.2, 0.25) is 0 Å². The van der Waals surface area contributed by atoms with Gasteiger partial charge in [-0.1, -0.05) is 23.9 Å². The number of ketones is 1. The van der Waals surface area contributed by atoms with Gasteiger partial charge < -0.3 is 11.2 Å². The quantitative estimate of drug-likeness (QED) is 0.480. The first-order chi connectivity index (χ1) is 11.2. The number of para-hydroxylation sites is 1. The minimum absolute atomic E-state index is 0.227. The van der Waals surface area contributed by atoms with Crippen molar-refractivity contribution in [3.05, 3.63) is 35.7 Å². The van der Waals surface area contributed by atoms with Gasteiger partial charge in [-0.2, -0.15) is 13.2 Å². The fourth-order valence-electron chi connectivity index (χ4n) is 1.78. The average molecular weight is 359 g/mol. The topological polar surface area (TPSA) is 103 Å². The zero-order chi connectivity index (χ0) is 17.9. The number of benzene rings is 1. The second-order valence-electron chi connectivity index (χ2n) is 4.61. The number of carbonyl (C=O) groups is 2. The maximum absolute atomic E-state index is 12.5. The summed E-state index contributed by atoms with van der Waals surface area (Å²) < 4.78 is 37.9. The van der Waals surface area contributed by atoms with Crippen molar-refractivity contribution in [1.29, 1.82) is 0 Å². The molecule has 0 radical (unpaired) electrons. The fourth-order valence-corrected chi connectivity index (χ4v) is 2.44. The van der Waals surface area contributed by atoms with Gasteiger partial charge in [-0.3, -0.25) is 9.59 Å². The standard InChI is InChI=1S/C13H12F3N5O2S/c1-7(22)8-4-2-3-5-9(8)18-10(23)6-24-12-20-19-11(21(12)17)13(14,15)16/h2-5H,6,17H2,1H3,(H,18,23). The molecule has 0 unspecified atom stereocenters. The Bertz CT molecular complexity index is 775. The molecule has 0 saturated heterocycles. The number of alkyl halides is 3. The third kappa shape index (κ3) is 4.04. The molecule has 0 spiro atoms. The van der Waals surface area contributed by atoms with Crippen molar-refractivity contribution in [3.8, 4) is 0 Å². The van der Waals surface area contributed by atoms with Crippen LogP contribution in [0.3, 0.4) is 0 Å². The number of hydrogen-bond acceptors (Lipinski definition) is 6. The molecule has 0 saturated carbocycles. The minimum atomic E-state index is -4.73. The van der Waals surface area contributed by atoms with Crippen molar-refractivity contribution >= 4 is 29.1 Å². The van der Waals surface area contributed by atoms with Gasteiger partial charge in [0.05, 0.1) is 11.4 Å². The summed E-state index contributed by atoms with van der Waals surface area (Å²) in [5.74, 6) is 2.91. The lowest BCUT2D eigenvalue weighted by molar-refractivity contribution is -0.146. The van der Waals surface area contributed by atoms with E-state index in [1.54, 1.807) is 24.3 Å². The van der Waals surface area contributed by atoms with Crippen LogP contribution in [0.1, 0.15) is 23.1 Å². The number of nitrogens with two attached hydrogens (primary N) is 1. The third-order valence-electron chi connectivity index (χ3n) is 2.83. The van der Waals surface area contributed by atoms with E-state index in [4.69, 9.17) is 5.84 Å². The third-order valence-corrected chi connectivity index (χ3v) is 3.77. The molecule has 0 aliphatic carbocycles. The number of halogens is 3. The number of nitrogens with one attached hydrogen (secondary N) is 1. The Hall–Kier alpha value is -2.56. The zero-order valence-corrected chi connectivity index (χ0v) is 13.1. The van der Waals surface area contributed by atoms with Crippen molar-refractivity contribution in [2.24, 2.45) is 0 Å². The molecule has 0 fully saturated rings. The molecule has 3 N–H and O–H groups in total. The van der Waals surface area contributed by atoms with E-state index in [-0.39, 0.29) is 21.4 Å². The summed E-state index contributed by atoms with van der Waals surface area (Å²) in [6.07, 6.45) is -4.73. The number of amides is 1.